The first-order chi connectivity index (χ1) is 6.11. The molecular formula is C8H17F2NO2S. The van der Waals surface area contributed by atoms with E-state index in [1.807, 2.05) is 0 Å². The van der Waals surface area contributed by atoms with Crippen molar-refractivity contribution in [2.45, 2.75) is 44.4 Å². The molecule has 0 radical (unpaired) electrons. The SMILES string of the molecule is CC(N[S@@+]([O-])C(C)(C)C)C(F)(F)CO. The minimum atomic E-state index is -3.25. The van der Waals surface area contributed by atoms with Crippen LogP contribution in [0.2, 0.25) is 0 Å². The van der Waals surface area contributed by atoms with Crippen molar-refractivity contribution in [1.29, 1.82) is 0 Å². The van der Waals surface area contributed by atoms with Crippen molar-refractivity contribution in [3.8, 4) is 0 Å². The number of hydrogen-bond acceptors (Lipinski definition) is 3. The fourth-order valence-electron chi connectivity index (χ4n) is 0.560. The van der Waals surface area contributed by atoms with E-state index in [9.17, 15) is 13.3 Å². The molecule has 0 spiro atoms. The number of nitrogens with one attached hydrogen (secondary N) is 1. The summed E-state index contributed by atoms with van der Waals surface area (Å²) in [6.45, 7) is 4.99. The predicted octanol–water partition coefficient (Wildman–Crippen LogP) is 1.05. The summed E-state index contributed by atoms with van der Waals surface area (Å²) in [7, 11) is 0. The third-order valence-electron chi connectivity index (χ3n) is 1.68. The van der Waals surface area contributed by atoms with Crippen molar-refractivity contribution < 1.29 is 18.4 Å². The van der Waals surface area contributed by atoms with Crippen LogP contribution >= 0.6 is 0 Å². The van der Waals surface area contributed by atoms with Gasteiger partial charge in [0.2, 0.25) is 0 Å². The van der Waals surface area contributed by atoms with E-state index in [0.717, 1.165) is 0 Å². The Balaban J connectivity index is 4.26. The molecule has 0 amide bonds. The zero-order valence-electron chi connectivity index (χ0n) is 8.80. The summed E-state index contributed by atoms with van der Waals surface area (Å²) in [4.78, 5) is 0. The van der Waals surface area contributed by atoms with E-state index in [0.29, 0.717) is 0 Å². The third-order valence-corrected chi connectivity index (χ3v) is 3.36. The molecule has 1 unspecified atom stereocenters. The van der Waals surface area contributed by atoms with E-state index < -0.39 is 34.7 Å². The lowest BCUT2D eigenvalue weighted by atomic mass is 10.2. The summed E-state index contributed by atoms with van der Waals surface area (Å²) in [5.41, 5.74) is 0. The van der Waals surface area contributed by atoms with Crippen molar-refractivity contribution >= 4 is 11.4 Å². The quantitative estimate of drug-likeness (QED) is 0.709. The molecule has 0 aromatic heterocycles. The molecule has 2 N–H and O–H groups in total. The molecule has 14 heavy (non-hydrogen) atoms. The first-order valence-corrected chi connectivity index (χ1v) is 5.43. The van der Waals surface area contributed by atoms with Gasteiger partial charge in [-0.1, -0.05) is 0 Å². The highest BCUT2D eigenvalue weighted by Crippen LogP contribution is 2.21. The van der Waals surface area contributed by atoms with E-state index in [4.69, 9.17) is 5.11 Å². The summed E-state index contributed by atoms with van der Waals surface area (Å²) in [6.07, 6.45) is 0. The number of aliphatic hydroxyl groups excluding tert-OH is 1. The van der Waals surface area contributed by atoms with Gasteiger partial charge in [0.05, 0.1) is 0 Å². The number of alkyl halides is 2. The molecule has 0 bridgehead atoms. The lowest BCUT2D eigenvalue weighted by molar-refractivity contribution is -0.0696. The molecule has 0 aliphatic heterocycles. The monoisotopic (exact) mass is 229 g/mol. The number of aliphatic hydroxyl groups is 1. The Hall–Kier alpha value is 0.0900. The van der Waals surface area contributed by atoms with Crippen LogP contribution in [0.4, 0.5) is 8.78 Å². The molecule has 0 heterocycles. The summed E-state index contributed by atoms with van der Waals surface area (Å²) < 4.78 is 38.8. The van der Waals surface area contributed by atoms with E-state index in [-0.39, 0.29) is 0 Å². The van der Waals surface area contributed by atoms with Crippen LogP contribution in [-0.2, 0) is 11.4 Å². The average Bonchev–Trinajstić information content (AvgIpc) is 2.02. The van der Waals surface area contributed by atoms with Gasteiger partial charge in [0.1, 0.15) is 17.4 Å². The van der Waals surface area contributed by atoms with Crippen LogP contribution in [-0.4, -0.2) is 33.0 Å². The Kier molecular flexibility index (Phi) is 4.77. The molecule has 6 heteroatoms. The number of rotatable bonds is 4. The van der Waals surface area contributed by atoms with Crippen molar-refractivity contribution in [3.63, 3.8) is 0 Å². The summed E-state index contributed by atoms with van der Waals surface area (Å²) >= 11 is -1.56. The van der Waals surface area contributed by atoms with Gasteiger partial charge in [-0.05, 0) is 27.7 Å². The molecule has 0 fully saturated rings. The van der Waals surface area contributed by atoms with Gasteiger partial charge in [-0.15, -0.1) is 4.72 Å². The minimum absolute atomic E-state index is 0.597. The highest BCUT2D eigenvalue weighted by Gasteiger charge is 2.40. The summed E-state index contributed by atoms with van der Waals surface area (Å²) in [5, 5.41) is 8.39. The molecule has 0 rings (SSSR count). The van der Waals surface area contributed by atoms with Crippen LogP contribution in [0.15, 0.2) is 0 Å². The molecule has 0 aromatic rings. The molecule has 0 aliphatic carbocycles. The highest BCUT2D eigenvalue weighted by atomic mass is 32.2. The second-order valence-corrected chi connectivity index (χ2v) is 6.14. The van der Waals surface area contributed by atoms with E-state index >= 15 is 0 Å². The Bertz CT molecular complexity index is 185. The molecule has 3 nitrogen and oxygen atoms in total. The fourth-order valence-corrected chi connectivity index (χ4v) is 1.41. The van der Waals surface area contributed by atoms with E-state index in [1.54, 1.807) is 20.8 Å². The average molecular weight is 229 g/mol. The predicted molar refractivity (Wildman–Crippen MR) is 52.5 cm³/mol. The second-order valence-electron chi connectivity index (χ2n) is 4.14. The van der Waals surface area contributed by atoms with E-state index in [2.05, 4.69) is 4.72 Å². The first kappa shape index (κ1) is 14.1. The van der Waals surface area contributed by atoms with Crippen LogP contribution < -0.4 is 4.72 Å². The largest absolute Gasteiger partial charge is 0.598 e. The molecule has 0 saturated carbocycles. The first-order valence-electron chi connectivity index (χ1n) is 4.28. The molecular weight excluding hydrogens is 212 g/mol. The topological polar surface area (TPSA) is 55.3 Å². The smallest absolute Gasteiger partial charge is 0.289 e. The van der Waals surface area contributed by atoms with Crippen molar-refractivity contribution in [2.24, 2.45) is 0 Å². The Morgan fingerprint density at radius 2 is 1.86 bits per heavy atom. The molecule has 0 aromatic carbocycles. The third kappa shape index (κ3) is 4.08. The maximum Gasteiger partial charge on any atom is 0.289 e. The van der Waals surface area contributed by atoms with Crippen LogP contribution in [0.5, 0.6) is 0 Å². The maximum absolute atomic E-state index is 12.8. The molecule has 86 valence electrons. The van der Waals surface area contributed by atoms with Crippen LogP contribution in [0.25, 0.3) is 0 Å². The summed E-state index contributed by atoms with van der Waals surface area (Å²) in [5.74, 6) is -3.25. The minimum Gasteiger partial charge on any atom is -0.598 e. The van der Waals surface area contributed by atoms with Crippen LogP contribution in [0, 0.1) is 0 Å². The van der Waals surface area contributed by atoms with Gasteiger partial charge in [-0.3, -0.25) is 0 Å². The van der Waals surface area contributed by atoms with Crippen molar-refractivity contribution in [2.75, 3.05) is 6.61 Å². The summed E-state index contributed by atoms with van der Waals surface area (Å²) in [6, 6.07) is -1.31. The van der Waals surface area contributed by atoms with Gasteiger partial charge in [0.25, 0.3) is 5.92 Å². The van der Waals surface area contributed by atoms with Gasteiger partial charge < -0.3 is 9.66 Å². The lowest BCUT2D eigenvalue weighted by Crippen LogP contribution is -2.51. The van der Waals surface area contributed by atoms with Gasteiger partial charge in [-0.2, -0.15) is 0 Å². The van der Waals surface area contributed by atoms with E-state index in [1.165, 1.54) is 6.92 Å². The van der Waals surface area contributed by atoms with Crippen LogP contribution in [0.3, 0.4) is 0 Å². The van der Waals surface area contributed by atoms with Crippen molar-refractivity contribution in [3.05, 3.63) is 0 Å². The van der Waals surface area contributed by atoms with Gasteiger partial charge in [0, 0.05) is 11.4 Å². The zero-order chi connectivity index (χ0) is 11.6. The standard InChI is InChI=1S/C8H17F2NO2S/c1-6(8(9,10)5-12)11-14(13)7(2,3)4/h6,11-12H,5H2,1-4H3/t6?,14-/m0/s1. The highest BCUT2D eigenvalue weighted by molar-refractivity contribution is 7.90. The maximum atomic E-state index is 12.8. The zero-order valence-corrected chi connectivity index (χ0v) is 9.62. The van der Waals surface area contributed by atoms with Gasteiger partial charge in [0.15, 0.2) is 0 Å². The van der Waals surface area contributed by atoms with Gasteiger partial charge >= 0.3 is 0 Å². The Morgan fingerprint density at radius 1 is 1.43 bits per heavy atom. The fraction of sp³-hybridized carbons (Fsp3) is 1.00. The van der Waals surface area contributed by atoms with Crippen molar-refractivity contribution in [1.82, 2.24) is 4.72 Å². The molecule has 0 saturated heterocycles. The Labute approximate surface area is 86.2 Å². The van der Waals surface area contributed by atoms with Crippen LogP contribution in [0.1, 0.15) is 27.7 Å². The second kappa shape index (κ2) is 4.74. The number of hydrogen-bond donors (Lipinski definition) is 2. The lowest BCUT2D eigenvalue weighted by Gasteiger charge is -2.29. The number of halogens is 2. The normalized spacial score (nSPS) is 18.0. The molecule has 2 atom stereocenters. The van der Waals surface area contributed by atoms with Gasteiger partial charge in [-0.25, -0.2) is 8.78 Å². The molecule has 0 aliphatic rings. The Morgan fingerprint density at radius 3 is 2.14 bits per heavy atom.